The number of nitro benzene ring substituents is 1. The summed E-state index contributed by atoms with van der Waals surface area (Å²) in [6.45, 7) is 0. The van der Waals surface area contributed by atoms with Gasteiger partial charge in [0.15, 0.2) is 0 Å². The largest absolute Gasteiger partial charge is 0.309 e. The lowest BCUT2D eigenvalue weighted by Gasteiger charge is -2.29. The second kappa shape index (κ2) is 3.55. The van der Waals surface area contributed by atoms with E-state index in [-0.39, 0.29) is 17.6 Å². The molecule has 1 heterocycles. The van der Waals surface area contributed by atoms with E-state index < -0.39 is 4.92 Å². The number of carbonyl (C=O) groups excluding carboxylic acids is 1. The third kappa shape index (κ3) is 1.67. The van der Waals surface area contributed by atoms with Crippen LogP contribution in [-0.2, 0) is 11.2 Å². The number of anilines is 1. The third-order valence-electron chi connectivity index (χ3n) is 3.33. The molecule has 88 valence electrons. The van der Waals surface area contributed by atoms with Crippen molar-refractivity contribution >= 4 is 17.3 Å². The van der Waals surface area contributed by atoms with Crippen molar-refractivity contribution in [1.29, 1.82) is 0 Å². The fourth-order valence-corrected chi connectivity index (χ4v) is 2.33. The number of aryl methyl sites for hydroxylation is 1. The molecule has 0 unspecified atom stereocenters. The second-order valence-corrected chi connectivity index (χ2v) is 4.57. The van der Waals surface area contributed by atoms with E-state index in [9.17, 15) is 14.9 Å². The SMILES string of the molecule is O=C1CCc2ccc([N+](=O)[O-])cc2N1C1CC1. The van der Waals surface area contributed by atoms with Gasteiger partial charge in [0, 0.05) is 24.6 Å². The van der Waals surface area contributed by atoms with Crippen LogP contribution in [-0.4, -0.2) is 16.9 Å². The monoisotopic (exact) mass is 232 g/mol. The van der Waals surface area contributed by atoms with Crippen LogP contribution in [0.2, 0.25) is 0 Å². The molecule has 0 N–H and O–H groups in total. The van der Waals surface area contributed by atoms with Crippen LogP contribution in [0.15, 0.2) is 18.2 Å². The number of amides is 1. The maximum Gasteiger partial charge on any atom is 0.271 e. The van der Waals surface area contributed by atoms with Gasteiger partial charge in [0.25, 0.3) is 5.69 Å². The topological polar surface area (TPSA) is 63.4 Å². The van der Waals surface area contributed by atoms with Crippen LogP contribution >= 0.6 is 0 Å². The minimum absolute atomic E-state index is 0.0594. The van der Waals surface area contributed by atoms with E-state index in [1.165, 1.54) is 12.1 Å². The Balaban J connectivity index is 2.08. The Hall–Kier alpha value is -1.91. The molecule has 5 nitrogen and oxygen atoms in total. The van der Waals surface area contributed by atoms with E-state index in [1.807, 2.05) is 0 Å². The van der Waals surface area contributed by atoms with E-state index >= 15 is 0 Å². The van der Waals surface area contributed by atoms with Crippen molar-refractivity contribution in [2.24, 2.45) is 0 Å². The number of nitro groups is 1. The summed E-state index contributed by atoms with van der Waals surface area (Å²) in [6, 6.07) is 5.09. The van der Waals surface area contributed by atoms with Gasteiger partial charge in [-0.25, -0.2) is 0 Å². The highest BCUT2D eigenvalue weighted by molar-refractivity contribution is 5.97. The molecule has 1 aromatic carbocycles. The number of non-ortho nitro benzene ring substituents is 1. The van der Waals surface area contributed by atoms with Crippen LogP contribution in [0.4, 0.5) is 11.4 Å². The zero-order valence-electron chi connectivity index (χ0n) is 9.26. The molecule has 0 radical (unpaired) electrons. The molecule has 0 saturated heterocycles. The van der Waals surface area contributed by atoms with Gasteiger partial charge in [-0.05, 0) is 24.8 Å². The van der Waals surface area contributed by atoms with E-state index in [4.69, 9.17) is 0 Å². The maximum absolute atomic E-state index is 11.9. The predicted molar refractivity (Wildman–Crippen MR) is 61.9 cm³/mol. The molecule has 0 spiro atoms. The van der Waals surface area contributed by atoms with Gasteiger partial charge in [0.1, 0.15) is 0 Å². The number of hydrogen-bond donors (Lipinski definition) is 0. The van der Waals surface area contributed by atoms with E-state index in [2.05, 4.69) is 0 Å². The van der Waals surface area contributed by atoms with Crippen LogP contribution in [0.1, 0.15) is 24.8 Å². The van der Waals surface area contributed by atoms with Crippen molar-refractivity contribution in [2.75, 3.05) is 4.90 Å². The van der Waals surface area contributed by atoms with Crippen LogP contribution in [0.25, 0.3) is 0 Å². The van der Waals surface area contributed by atoms with E-state index in [1.54, 1.807) is 11.0 Å². The summed E-state index contributed by atoms with van der Waals surface area (Å²) in [5.41, 5.74) is 1.85. The second-order valence-electron chi connectivity index (χ2n) is 4.57. The first-order valence-corrected chi connectivity index (χ1v) is 5.76. The van der Waals surface area contributed by atoms with Gasteiger partial charge in [-0.2, -0.15) is 0 Å². The normalized spacial score (nSPS) is 19.1. The molecule has 2 aliphatic rings. The van der Waals surface area contributed by atoms with Crippen LogP contribution in [0, 0.1) is 10.1 Å². The van der Waals surface area contributed by atoms with Crippen molar-refractivity contribution in [3.05, 3.63) is 33.9 Å². The number of rotatable bonds is 2. The molecule has 1 fully saturated rings. The molecule has 1 saturated carbocycles. The van der Waals surface area contributed by atoms with Crippen molar-refractivity contribution in [3.8, 4) is 0 Å². The Bertz CT molecular complexity index is 508. The molecule has 1 aliphatic heterocycles. The van der Waals surface area contributed by atoms with Gasteiger partial charge in [0.05, 0.1) is 10.6 Å². The molecular weight excluding hydrogens is 220 g/mol. The fraction of sp³-hybridized carbons (Fsp3) is 0.417. The minimum atomic E-state index is -0.412. The summed E-state index contributed by atoms with van der Waals surface area (Å²) < 4.78 is 0. The lowest BCUT2D eigenvalue weighted by molar-refractivity contribution is -0.384. The molecule has 1 aromatic rings. The average molecular weight is 232 g/mol. The van der Waals surface area contributed by atoms with Crippen molar-refractivity contribution in [2.45, 2.75) is 31.7 Å². The number of fused-ring (bicyclic) bond motifs is 1. The van der Waals surface area contributed by atoms with Gasteiger partial charge in [-0.3, -0.25) is 14.9 Å². The molecule has 0 aromatic heterocycles. The predicted octanol–water partition coefficient (Wildman–Crippen LogP) is 2.04. The molecule has 3 rings (SSSR count). The van der Waals surface area contributed by atoms with Crippen molar-refractivity contribution in [3.63, 3.8) is 0 Å². The van der Waals surface area contributed by atoms with Gasteiger partial charge in [0.2, 0.25) is 5.91 Å². The molecular formula is C12H12N2O3. The summed E-state index contributed by atoms with van der Waals surface area (Å²) in [6.07, 6.45) is 3.22. The smallest absolute Gasteiger partial charge is 0.271 e. The first-order valence-electron chi connectivity index (χ1n) is 5.76. The first-order chi connectivity index (χ1) is 8.16. The van der Waals surface area contributed by atoms with Crippen LogP contribution in [0.5, 0.6) is 0 Å². The van der Waals surface area contributed by atoms with Gasteiger partial charge in [-0.1, -0.05) is 6.07 Å². The van der Waals surface area contributed by atoms with Gasteiger partial charge >= 0.3 is 0 Å². The summed E-state index contributed by atoms with van der Waals surface area (Å²) in [5, 5.41) is 10.8. The highest BCUT2D eigenvalue weighted by Gasteiger charge is 2.37. The zero-order valence-corrected chi connectivity index (χ0v) is 9.26. The minimum Gasteiger partial charge on any atom is -0.309 e. The first kappa shape index (κ1) is 10.3. The van der Waals surface area contributed by atoms with Gasteiger partial charge in [-0.15, -0.1) is 0 Å². The van der Waals surface area contributed by atoms with Gasteiger partial charge < -0.3 is 4.90 Å². The maximum atomic E-state index is 11.9. The van der Waals surface area contributed by atoms with Crippen LogP contribution < -0.4 is 4.90 Å². The Labute approximate surface area is 98.2 Å². The Morgan fingerprint density at radius 3 is 2.71 bits per heavy atom. The van der Waals surface area contributed by atoms with Crippen molar-refractivity contribution < 1.29 is 9.72 Å². The fourth-order valence-electron chi connectivity index (χ4n) is 2.33. The molecule has 5 heteroatoms. The zero-order chi connectivity index (χ0) is 12.0. The lowest BCUT2D eigenvalue weighted by atomic mass is 10.0. The molecule has 17 heavy (non-hydrogen) atoms. The molecule has 1 aliphatic carbocycles. The lowest BCUT2D eigenvalue weighted by Crippen LogP contribution is -2.36. The number of hydrogen-bond acceptors (Lipinski definition) is 3. The third-order valence-corrected chi connectivity index (χ3v) is 3.33. The van der Waals surface area contributed by atoms with E-state index in [0.29, 0.717) is 12.8 Å². The number of carbonyl (C=O) groups is 1. The molecule has 1 amide bonds. The van der Waals surface area contributed by atoms with E-state index in [0.717, 1.165) is 24.1 Å². The quantitative estimate of drug-likeness (QED) is 0.579. The Morgan fingerprint density at radius 1 is 1.29 bits per heavy atom. The number of nitrogens with zero attached hydrogens (tertiary/aromatic N) is 2. The highest BCUT2D eigenvalue weighted by Crippen LogP contribution is 2.38. The molecule has 0 atom stereocenters. The summed E-state index contributed by atoms with van der Waals surface area (Å²) in [4.78, 5) is 24.0. The summed E-state index contributed by atoms with van der Waals surface area (Å²) in [7, 11) is 0. The Morgan fingerprint density at radius 2 is 2.06 bits per heavy atom. The van der Waals surface area contributed by atoms with Crippen molar-refractivity contribution in [1.82, 2.24) is 0 Å². The highest BCUT2D eigenvalue weighted by atomic mass is 16.6. The Kier molecular flexibility index (Phi) is 2.14. The van der Waals surface area contributed by atoms with Crippen LogP contribution in [0.3, 0.4) is 0 Å². The summed E-state index contributed by atoms with van der Waals surface area (Å²) >= 11 is 0. The number of benzene rings is 1. The average Bonchev–Trinajstić information content (AvgIpc) is 3.12. The standard InChI is InChI=1S/C12H12N2O3/c15-12-6-2-8-1-3-10(14(16)17)7-11(8)13(12)9-4-5-9/h1,3,7,9H,2,4-6H2. The molecule has 0 bridgehead atoms. The summed E-state index contributed by atoms with van der Waals surface area (Å²) in [5.74, 6) is 0.0977.